The van der Waals surface area contributed by atoms with E-state index < -0.39 is 0 Å². The molecule has 0 aliphatic rings. The van der Waals surface area contributed by atoms with Crippen LogP contribution >= 0.6 is 0 Å². The number of rotatable bonds is 6. The summed E-state index contributed by atoms with van der Waals surface area (Å²) < 4.78 is 11.0. The maximum absolute atomic E-state index is 12.3. The van der Waals surface area contributed by atoms with E-state index in [0.717, 1.165) is 5.75 Å². The zero-order chi connectivity index (χ0) is 17.5. The highest BCUT2D eigenvalue weighted by molar-refractivity contribution is 6.04. The molecule has 1 heterocycles. The van der Waals surface area contributed by atoms with Crippen molar-refractivity contribution in [2.45, 2.75) is 6.92 Å². The number of carbonyl (C=O) groups excluding carboxylic acids is 1. The fraction of sp³-hybridized carbons (Fsp3) is 0.105. The second-order valence-electron chi connectivity index (χ2n) is 5.09. The third kappa shape index (κ3) is 4.54. The molecule has 0 spiro atoms. The molecule has 0 radical (unpaired) electrons. The molecule has 3 rings (SSSR count). The van der Waals surface area contributed by atoms with Crippen LogP contribution in [0.4, 0.5) is 5.69 Å². The van der Waals surface area contributed by atoms with E-state index in [1.165, 1.54) is 6.20 Å². The van der Waals surface area contributed by atoms with Crippen molar-refractivity contribution >= 4 is 11.6 Å². The first-order chi connectivity index (χ1) is 12.2. The highest BCUT2D eigenvalue weighted by Gasteiger charge is 2.07. The normalized spacial score (nSPS) is 10.1. The Labute approximate surface area is 145 Å². The van der Waals surface area contributed by atoms with Gasteiger partial charge in [0, 0.05) is 29.7 Å². The van der Waals surface area contributed by atoms with E-state index in [0.29, 0.717) is 29.5 Å². The molecule has 0 saturated carbocycles. The van der Waals surface area contributed by atoms with E-state index in [2.05, 4.69) is 15.3 Å². The van der Waals surface area contributed by atoms with Crippen molar-refractivity contribution < 1.29 is 14.3 Å². The molecule has 126 valence electrons. The number of aromatic nitrogens is 2. The van der Waals surface area contributed by atoms with Gasteiger partial charge >= 0.3 is 0 Å². The number of hydrogen-bond donors (Lipinski definition) is 1. The van der Waals surface area contributed by atoms with Crippen LogP contribution in [0.2, 0.25) is 0 Å². The molecule has 0 fully saturated rings. The smallest absolute Gasteiger partial charge is 0.255 e. The van der Waals surface area contributed by atoms with Gasteiger partial charge in [0.1, 0.15) is 11.5 Å². The van der Waals surface area contributed by atoms with Crippen molar-refractivity contribution in [2.75, 3.05) is 11.9 Å². The van der Waals surface area contributed by atoms with Crippen LogP contribution in [0.5, 0.6) is 17.4 Å². The van der Waals surface area contributed by atoms with Crippen molar-refractivity contribution in [2.24, 2.45) is 0 Å². The van der Waals surface area contributed by atoms with Gasteiger partial charge in [-0.05, 0) is 43.3 Å². The molecule has 1 amide bonds. The van der Waals surface area contributed by atoms with Gasteiger partial charge in [-0.2, -0.15) is 0 Å². The van der Waals surface area contributed by atoms with E-state index in [4.69, 9.17) is 9.47 Å². The SMILES string of the molecule is CCOc1ccc(C(=O)Nc2cccc(Oc3cnccn3)c2)cc1. The van der Waals surface area contributed by atoms with Crippen LogP contribution in [0.15, 0.2) is 67.1 Å². The van der Waals surface area contributed by atoms with E-state index in [1.807, 2.05) is 6.92 Å². The van der Waals surface area contributed by atoms with E-state index >= 15 is 0 Å². The Balaban J connectivity index is 1.68. The summed E-state index contributed by atoms with van der Waals surface area (Å²) in [6, 6.07) is 14.1. The van der Waals surface area contributed by atoms with E-state index in [-0.39, 0.29) is 5.91 Å². The lowest BCUT2D eigenvalue weighted by atomic mass is 10.2. The summed E-state index contributed by atoms with van der Waals surface area (Å²) in [5, 5.41) is 2.84. The zero-order valence-corrected chi connectivity index (χ0v) is 13.7. The van der Waals surface area contributed by atoms with Crippen LogP contribution < -0.4 is 14.8 Å². The van der Waals surface area contributed by atoms with Gasteiger partial charge in [-0.3, -0.25) is 9.78 Å². The van der Waals surface area contributed by atoms with Crippen LogP contribution in [0.3, 0.4) is 0 Å². The molecule has 0 atom stereocenters. The van der Waals surface area contributed by atoms with E-state index in [1.54, 1.807) is 60.9 Å². The molecule has 0 aliphatic carbocycles. The van der Waals surface area contributed by atoms with Crippen molar-refractivity contribution in [3.05, 3.63) is 72.7 Å². The Kier molecular flexibility index (Phi) is 5.21. The van der Waals surface area contributed by atoms with Gasteiger partial charge in [-0.15, -0.1) is 0 Å². The molecular weight excluding hydrogens is 318 g/mol. The summed E-state index contributed by atoms with van der Waals surface area (Å²) >= 11 is 0. The monoisotopic (exact) mass is 335 g/mol. The fourth-order valence-electron chi connectivity index (χ4n) is 2.17. The van der Waals surface area contributed by atoms with Gasteiger partial charge in [0.2, 0.25) is 5.88 Å². The molecule has 3 aromatic rings. The summed E-state index contributed by atoms with van der Waals surface area (Å²) in [5.41, 5.74) is 1.17. The summed E-state index contributed by atoms with van der Waals surface area (Å²) in [6.45, 7) is 2.50. The molecule has 0 saturated heterocycles. The Bertz CT molecular complexity index is 836. The Hall–Kier alpha value is -3.41. The molecule has 6 heteroatoms. The van der Waals surface area contributed by atoms with Gasteiger partial charge in [0.25, 0.3) is 5.91 Å². The van der Waals surface area contributed by atoms with Crippen LogP contribution in [0.1, 0.15) is 17.3 Å². The standard InChI is InChI=1S/C19H17N3O3/c1-2-24-16-8-6-14(7-9-16)19(23)22-15-4-3-5-17(12-15)25-18-13-20-10-11-21-18/h3-13H,2H2,1H3,(H,22,23). The minimum Gasteiger partial charge on any atom is -0.494 e. The molecule has 2 aromatic carbocycles. The van der Waals surface area contributed by atoms with Crippen molar-refractivity contribution in [1.29, 1.82) is 0 Å². The first kappa shape index (κ1) is 16.4. The number of ether oxygens (including phenoxy) is 2. The van der Waals surface area contributed by atoms with Crippen LogP contribution in [-0.4, -0.2) is 22.5 Å². The maximum atomic E-state index is 12.3. The van der Waals surface area contributed by atoms with Crippen molar-refractivity contribution in [3.63, 3.8) is 0 Å². The third-order valence-corrected chi connectivity index (χ3v) is 3.28. The Morgan fingerprint density at radius 2 is 1.92 bits per heavy atom. The minimum absolute atomic E-state index is 0.209. The Morgan fingerprint density at radius 3 is 2.64 bits per heavy atom. The van der Waals surface area contributed by atoms with Gasteiger partial charge in [-0.1, -0.05) is 6.07 Å². The topological polar surface area (TPSA) is 73.3 Å². The van der Waals surface area contributed by atoms with Gasteiger partial charge < -0.3 is 14.8 Å². The van der Waals surface area contributed by atoms with E-state index in [9.17, 15) is 4.79 Å². The number of nitrogens with zero attached hydrogens (tertiary/aromatic N) is 2. The summed E-state index contributed by atoms with van der Waals surface area (Å²) in [4.78, 5) is 20.3. The average molecular weight is 335 g/mol. The lowest BCUT2D eigenvalue weighted by molar-refractivity contribution is 0.102. The zero-order valence-electron chi connectivity index (χ0n) is 13.7. The molecule has 0 aliphatic heterocycles. The Morgan fingerprint density at radius 1 is 1.08 bits per heavy atom. The predicted molar refractivity (Wildman–Crippen MR) is 94.1 cm³/mol. The van der Waals surface area contributed by atoms with Gasteiger partial charge in [0.15, 0.2) is 0 Å². The van der Waals surface area contributed by atoms with Crippen molar-refractivity contribution in [3.8, 4) is 17.4 Å². The summed E-state index contributed by atoms with van der Waals surface area (Å²) in [5.74, 6) is 1.47. The molecule has 6 nitrogen and oxygen atoms in total. The largest absolute Gasteiger partial charge is 0.494 e. The number of hydrogen-bond acceptors (Lipinski definition) is 5. The molecule has 0 unspecified atom stereocenters. The number of amides is 1. The predicted octanol–water partition coefficient (Wildman–Crippen LogP) is 3.92. The average Bonchev–Trinajstić information content (AvgIpc) is 2.64. The number of anilines is 1. The fourth-order valence-corrected chi connectivity index (χ4v) is 2.17. The third-order valence-electron chi connectivity index (χ3n) is 3.28. The van der Waals surface area contributed by atoms with Gasteiger partial charge in [-0.25, -0.2) is 4.98 Å². The number of nitrogens with one attached hydrogen (secondary N) is 1. The van der Waals surface area contributed by atoms with Gasteiger partial charge in [0.05, 0.1) is 12.8 Å². The highest BCUT2D eigenvalue weighted by Crippen LogP contribution is 2.22. The van der Waals surface area contributed by atoms with Crippen molar-refractivity contribution in [1.82, 2.24) is 9.97 Å². The first-order valence-corrected chi connectivity index (χ1v) is 7.83. The molecule has 1 N–H and O–H groups in total. The second kappa shape index (κ2) is 7.92. The maximum Gasteiger partial charge on any atom is 0.255 e. The first-order valence-electron chi connectivity index (χ1n) is 7.83. The quantitative estimate of drug-likeness (QED) is 0.739. The van der Waals surface area contributed by atoms with Crippen LogP contribution in [0, 0.1) is 0 Å². The summed E-state index contributed by atoms with van der Waals surface area (Å²) in [7, 11) is 0. The number of benzene rings is 2. The lowest BCUT2D eigenvalue weighted by Gasteiger charge is -2.09. The second-order valence-corrected chi connectivity index (χ2v) is 5.09. The highest BCUT2D eigenvalue weighted by atomic mass is 16.5. The minimum atomic E-state index is -0.209. The molecule has 25 heavy (non-hydrogen) atoms. The van der Waals surface area contributed by atoms with Crippen LogP contribution in [0.25, 0.3) is 0 Å². The van der Waals surface area contributed by atoms with Crippen LogP contribution in [-0.2, 0) is 0 Å². The summed E-state index contributed by atoms with van der Waals surface area (Å²) in [6.07, 6.45) is 4.64. The number of carbonyl (C=O) groups is 1. The molecule has 1 aromatic heterocycles. The lowest BCUT2D eigenvalue weighted by Crippen LogP contribution is -2.11. The molecular formula is C19H17N3O3. The molecule has 0 bridgehead atoms.